The van der Waals surface area contributed by atoms with Crippen molar-refractivity contribution < 1.29 is 28.5 Å². The average Bonchev–Trinajstić information content (AvgIpc) is 3.11. The number of amides is 2. The van der Waals surface area contributed by atoms with Crippen LogP contribution in [0.2, 0.25) is 0 Å². The lowest BCUT2D eigenvalue weighted by molar-refractivity contribution is -0.154. The topological polar surface area (TPSA) is 103 Å². The number of pyridine rings is 2. The first kappa shape index (κ1) is 33.8. The zero-order chi connectivity index (χ0) is 32.9. The number of likely N-dealkylation sites (N-methyl/N-ethyl adjacent to an activating group) is 1. The maximum Gasteiger partial charge on any atom is 0.329 e. The third-order valence-corrected chi connectivity index (χ3v) is 7.88. The molecule has 0 aliphatic rings. The van der Waals surface area contributed by atoms with Crippen LogP contribution in [0, 0.1) is 0 Å². The Morgan fingerprint density at radius 1 is 0.739 bits per heavy atom. The van der Waals surface area contributed by atoms with Crippen LogP contribution in [-0.4, -0.2) is 74.4 Å². The number of hydrogen-bond acceptors (Lipinski definition) is 8. The number of urea groups is 1. The molecule has 0 spiro atoms. The number of rotatable bonds is 15. The van der Waals surface area contributed by atoms with Gasteiger partial charge < -0.3 is 23.8 Å². The van der Waals surface area contributed by atoms with Crippen LogP contribution in [0.5, 0.6) is 17.2 Å². The second kappa shape index (κ2) is 16.8. The van der Waals surface area contributed by atoms with Crippen molar-refractivity contribution in [2.24, 2.45) is 0 Å². The minimum Gasteiger partial charge on any atom is -0.493 e. The van der Waals surface area contributed by atoms with E-state index in [1.54, 1.807) is 38.6 Å². The van der Waals surface area contributed by atoms with E-state index in [4.69, 9.17) is 18.9 Å². The molecule has 1 atom stereocenters. The van der Waals surface area contributed by atoms with Crippen LogP contribution in [-0.2, 0) is 28.8 Å². The van der Waals surface area contributed by atoms with Crippen molar-refractivity contribution in [2.45, 2.75) is 44.2 Å². The van der Waals surface area contributed by atoms with Gasteiger partial charge in [-0.15, -0.1) is 0 Å². The number of benzene rings is 2. The van der Waals surface area contributed by atoms with Crippen LogP contribution in [0.15, 0.2) is 91.5 Å². The lowest BCUT2D eigenvalue weighted by atomic mass is 10.0. The first-order valence-electron chi connectivity index (χ1n) is 15.2. The van der Waals surface area contributed by atoms with Gasteiger partial charge in [-0.2, -0.15) is 0 Å². The summed E-state index contributed by atoms with van der Waals surface area (Å²) in [6.07, 6.45) is 9.62. The van der Waals surface area contributed by atoms with E-state index in [0.29, 0.717) is 48.6 Å². The maximum atomic E-state index is 14.1. The number of ether oxygens (including phenoxy) is 4. The molecular formula is C36H42N4O6. The van der Waals surface area contributed by atoms with Crippen LogP contribution in [0.3, 0.4) is 0 Å². The normalized spacial score (nSPS) is 11.4. The zero-order valence-corrected chi connectivity index (χ0v) is 27.1. The first-order valence-corrected chi connectivity index (χ1v) is 15.2. The molecule has 2 amide bonds. The van der Waals surface area contributed by atoms with E-state index in [-0.39, 0.29) is 12.5 Å². The predicted molar refractivity (Wildman–Crippen MR) is 177 cm³/mol. The Balaban J connectivity index is 1.58. The van der Waals surface area contributed by atoms with Crippen LogP contribution >= 0.6 is 0 Å². The molecule has 46 heavy (non-hydrogen) atoms. The highest BCUT2D eigenvalue weighted by Crippen LogP contribution is 2.41. The lowest BCUT2D eigenvalue weighted by Crippen LogP contribution is -2.50. The fourth-order valence-electron chi connectivity index (χ4n) is 5.21. The van der Waals surface area contributed by atoms with Gasteiger partial charge in [-0.3, -0.25) is 14.9 Å². The second-order valence-corrected chi connectivity index (χ2v) is 10.9. The largest absolute Gasteiger partial charge is 0.493 e. The fraction of sp³-hybridized carbons (Fsp3) is 0.333. The monoisotopic (exact) mass is 626 g/mol. The summed E-state index contributed by atoms with van der Waals surface area (Å²) in [6.45, 7) is 0. The molecular weight excluding hydrogens is 584 g/mol. The van der Waals surface area contributed by atoms with E-state index in [0.717, 1.165) is 16.7 Å². The average molecular weight is 627 g/mol. The molecule has 0 radical (unpaired) electrons. The lowest BCUT2D eigenvalue weighted by Gasteiger charge is -2.32. The molecule has 0 N–H and O–H groups in total. The highest BCUT2D eigenvalue weighted by Gasteiger charge is 2.33. The predicted octanol–water partition coefficient (Wildman–Crippen LogP) is 5.78. The molecule has 0 aliphatic heterocycles. The SMILES string of the molecule is COc1cc(N(C)C(=O)N(C)C(Cc2ccccc2)C(=O)OC(CCc2cccnc2)CCc2cccnc2)cc(OC)c1OC. The standard InChI is InChI=1S/C36H42N4O6/c1-39(29-22-32(43-3)34(45-5)33(23-29)44-4)36(42)40(2)31(21-26-11-7-6-8-12-26)35(41)46-30(17-15-27-13-9-19-37-24-27)18-16-28-14-10-20-38-25-28/h6-14,19-20,22-25,30-31H,15-18,21H2,1-5H3. The molecule has 0 saturated heterocycles. The maximum absolute atomic E-state index is 14.1. The van der Waals surface area contributed by atoms with E-state index < -0.39 is 18.0 Å². The number of aromatic nitrogens is 2. The number of methoxy groups -OCH3 is 3. The first-order chi connectivity index (χ1) is 22.3. The van der Waals surface area contributed by atoms with E-state index in [9.17, 15) is 9.59 Å². The molecule has 242 valence electrons. The van der Waals surface area contributed by atoms with Crippen molar-refractivity contribution in [1.82, 2.24) is 14.9 Å². The third kappa shape index (κ3) is 8.97. The van der Waals surface area contributed by atoms with Gasteiger partial charge in [-0.1, -0.05) is 42.5 Å². The molecule has 0 saturated carbocycles. The summed E-state index contributed by atoms with van der Waals surface area (Å²) in [5.74, 6) is 0.756. The molecule has 0 fully saturated rings. The summed E-state index contributed by atoms with van der Waals surface area (Å²) in [6, 6.07) is 19.5. The molecule has 10 heteroatoms. The van der Waals surface area contributed by atoms with E-state index in [1.165, 1.54) is 31.1 Å². The molecule has 0 aliphatic carbocycles. The second-order valence-electron chi connectivity index (χ2n) is 10.9. The van der Waals surface area contributed by atoms with Gasteiger partial charge in [-0.25, -0.2) is 9.59 Å². The number of nitrogens with zero attached hydrogens (tertiary/aromatic N) is 4. The Kier molecular flexibility index (Phi) is 12.3. The van der Waals surface area contributed by atoms with E-state index in [1.807, 2.05) is 67.0 Å². The number of anilines is 1. The third-order valence-electron chi connectivity index (χ3n) is 7.88. The van der Waals surface area contributed by atoms with Gasteiger partial charge in [0.05, 0.1) is 27.0 Å². The van der Waals surface area contributed by atoms with Crippen LogP contribution in [0.1, 0.15) is 29.5 Å². The number of carbonyl (C=O) groups is 2. The van der Waals surface area contributed by atoms with Crippen LogP contribution in [0.4, 0.5) is 10.5 Å². The molecule has 4 aromatic rings. The fourth-order valence-corrected chi connectivity index (χ4v) is 5.21. The molecule has 4 rings (SSSR count). The van der Waals surface area contributed by atoms with Gasteiger partial charge >= 0.3 is 12.0 Å². The van der Waals surface area contributed by atoms with Crippen molar-refractivity contribution >= 4 is 17.7 Å². The van der Waals surface area contributed by atoms with Crippen molar-refractivity contribution in [1.29, 1.82) is 0 Å². The minimum atomic E-state index is -0.890. The van der Waals surface area contributed by atoms with E-state index in [2.05, 4.69) is 9.97 Å². The van der Waals surface area contributed by atoms with Gasteiger partial charge in [0.25, 0.3) is 0 Å². The molecule has 2 aromatic carbocycles. The minimum absolute atomic E-state index is 0.281. The number of carbonyl (C=O) groups excluding carboxylic acids is 2. The Bertz CT molecular complexity index is 1470. The smallest absolute Gasteiger partial charge is 0.329 e. The van der Waals surface area contributed by atoms with Gasteiger partial charge in [0.2, 0.25) is 5.75 Å². The van der Waals surface area contributed by atoms with Gasteiger partial charge in [0.15, 0.2) is 11.5 Å². The van der Waals surface area contributed by atoms with Gasteiger partial charge in [-0.05, 0) is 54.5 Å². The van der Waals surface area contributed by atoms with Crippen molar-refractivity contribution in [2.75, 3.05) is 40.3 Å². The highest BCUT2D eigenvalue weighted by atomic mass is 16.5. The summed E-state index contributed by atoms with van der Waals surface area (Å²) in [7, 11) is 7.80. The summed E-state index contributed by atoms with van der Waals surface area (Å²) < 4.78 is 22.7. The highest BCUT2D eigenvalue weighted by molar-refractivity contribution is 5.95. The summed E-state index contributed by atoms with van der Waals surface area (Å²) in [5, 5.41) is 0. The van der Waals surface area contributed by atoms with Crippen LogP contribution < -0.4 is 19.1 Å². The van der Waals surface area contributed by atoms with Crippen molar-refractivity contribution in [3.63, 3.8) is 0 Å². The molecule has 2 aromatic heterocycles. The van der Waals surface area contributed by atoms with Gasteiger partial charge in [0, 0.05) is 57.4 Å². The summed E-state index contributed by atoms with van der Waals surface area (Å²) in [4.78, 5) is 39.3. The Morgan fingerprint density at radius 2 is 1.28 bits per heavy atom. The Morgan fingerprint density at radius 3 is 1.76 bits per heavy atom. The van der Waals surface area contributed by atoms with Crippen molar-refractivity contribution in [3.05, 3.63) is 108 Å². The number of hydrogen-bond donors (Lipinski definition) is 0. The van der Waals surface area contributed by atoms with Crippen LogP contribution in [0.25, 0.3) is 0 Å². The number of aryl methyl sites for hydroxylation is 2. The molecule has 2 heterocycles. The molecule has 10 nitrogen and oxygen atoms in total. The number of esters is 1. The van der Waals surface area contributed by atoms with Gasteiger partial charge in [0.1, 0.15) is 12.1 Å². The zero-order valence-electron chi connectivity index (χ0n) is 27.1. The van der Waals surface area contributed by atoms with Crippen molar-refractivity contribution in [3.8, 4) is 17.2 Å². The molecule has 0 bridgehead atoms. The Labute approximate surface area is 270 Å². The van der Waals surface area contributed by atoms with E-state index >= 15 is 0 Å². The molecule has 1 unspecified atom stereocenters. The summed E-state index contributed by atoms with van der Waals surface area (Å²) in [5.41, 5.74) is 3.53. The Hall–Kier alpha value is -5.12. The quantitative estimate of drug-likeness (QED) is 0.153. The summed E-state index contributed by atoms with van der Waals surface area (Å²) >= 11 is 0.